The lowest BCUT2D eigenvalue weighted by Gasteiger charge is -2.22. The fourth-order valence-electron chi connectivity index (χ4n) is 2.26. The summed E-state index contributed by atoms with van der Waals surface area (Å²) in [6.07, 6.45) is 0. The number of carbonyl (C=O) groups is 1. The Kier molecular flexibility index (Phi) is 5.37. The van der Waals surface area contributed by atoms with Crippen LogP contribution in [0.25, 0.3) is 0 Å². The van der Waals surface area contributed by atoms with Gasteiger partial charge in [0.15, 0.2) is 0 Å². The van der Waals surface area contributed by atoms with E-state index in [9.17, 15) is 4.79 Å². The summed E-state index contributed by atoms with van der Waals surface area (Å²) in [4.78, 5) is 12.1. The monoisotopic (exact) mass is 295 g/mol. The first kappa shape index (κ1) is 15.8. The summed E-state index contributed by atoms with van der Waals surface area (Å²) in [6.45, 7) is 8.09. The number of carbonyl (C=O) groups excluding carboxylic acids is 1. The molecule has 0 fully saturated rings. The molecular weight excluding hydrogens is 274 g/mol. The Balaban J connectivity index is 2.30. The summed E-state index contributed by atoms with van der Waals surface area (Å²) >= 11 is 0. The third-order valence-electron chi connectivity index (χ3n) is 3.35. The van der Waals surface area contributed by atoms with E-state index in [1.165, 1.54) is 0 Å². The molecule has 2 rings (SSSR count). The maximum atomic E-state index is 12.1. The zero-order chi connectivity index (χ0) is 15.9. The molecule has 0 saturated heterocycles. The predicted octanol–water partition coefficient (Wildman–Crippen LogP) is 4.27. The molecule has 0 bridgehead atoms. The van der Waals surface area contributed by atoms with Gasteiger partial charge in [-0.3, -0.25) is 0 Å². The van der Waals surface area contributed by atoms with Gasteiger partial charge in [0.25, 0.3) is 0 Å². The average molecular weight is 295 g/mol. The molecule has 0 aromatic heterocycles. The number of esters is 1. The van der Waals surface area contributed by atoms with Crippen molar-refractivity contribution in [2.75, 3.05) is 11.9 Å². The van der Waals surface area contributed by atoms with Gasteiger partial charge >= 0.3 is 5.97 Å². The van der Waals surface area contributed by atoms with Crippen LogP contribution in [0.2, 0.25) is 0 Å². The minimum absolute atomic E-state index is 0.318. The second-order valence-electron chi connectivity index (χ2n) is 5.10. The molecular formula is C19H21NO2. The molecule has 0 unspecified atom stereocenters. The number of anilines is 1. The molecule has 3 nitrogen and oxygen atoms in total. The number of hydrogen-bond acceptors (Lipinski definition) is 3. The number of aryl methyl sites for hydroxylation is 1. The van der Waals surface area contributed by atoms with Gasteiger partial charge in [0.05, 0.1) is 18.2 Å². The highest BCUT2D eigenvalue weighted by Gasteiger charge is 2.21. The minimum atomic E-state index is -0.378. The molecule has 0 saturated carbocycles. The maximum absolute atomic E-state index is 12.1. The van der Waals surface area contributed by atoms with Crippen LogP contribution in [0, 0.1) is 6.92 Å². The lowest BCUT2D eigenvalue weighted by Crippen LogP contribution is -2.20. The van der Waals surface area contributed by atoms with Crippen molar-refractivity contribution in [3.8, 4) is 0 Å². The summed E-state index contributed by atoms with van der Waals surface area (Å²) in [5.41, 5.74) is 3.47. The molecule has 0 amide bonds. The van der Waals surface area contributed by atoms with Crippen molar-refractivity contribution in [1.82, 2.24) is 0 Å². The van der Waals surface area contributed by atoms with Crippen LogP contribution in [0.3, 0.4) is 0 Å². The van der Waals surface area contributed by atoms with Crippen LogP contribution >= 0.6 is 0 Å². The van der Waals surface area contributed by atoms with Gasteiger partial charge in [-0.15, -0.1) is 0 Å². The summed E-state index contributed by atoms with van der Waals surface area (Å²) in [5, 5.41) is 3.37. The third kappa shape index (κ3) is 3.98. The maximum Gasteiger partial charge on any atom is 0.335 e. The summed E-state index contributed by atoms with van der Waals surface area (Å²) in [5.74, 6) is -0.378. The van der Waals surface area contributed by atoms with Gasteiger partial charge in [0.2, 0.25) is 0 Å². The normalized spacial score (nSPS) is 11.5. The molecule has 2 aromatic carbocycles. The van der Waals surface area contributed by atoms with E-state index in [4.69, 9.17) is 4.74 Å². The first-order valence-corrected chi connectivity index (χ1v) is 7.36. The van der Waals surface area contributed by atoms with Gasteiger partial charge in [0.1, 0.15) is 0 Å². The highest BCUT2D eigenvalue weighted by Crippen LogP contribution is 2.26. The van der Waals surface area contributed by atoms with Crippen molar-refractivity contribution in [1.29, 1.82) is 0 Å². The minimum Gasteiger partial charge on any atom is -0.463 e. The van der Waals surface area contributed by atoms with Crippen molar-refractivity contribution in [2.24, 2.45) is 0 Å². The quantitative estimate of drug-likeness (QED) is 0.639. The fraction of sp³-hybridized carbons (Fsp3) is 0.211. The fourth-order valence-corrected chi connectivity index (χ4v) is 2.26. The van der Waals surface area contributed by atoms with Gasteiger partial charge in [0, 0.05) is 5.69 Å². The smallest absolute Gasteiger partial charge is 0.335 e. The van der Waals surface area contributed by atoms with Crippen molar-refractivity contribution in [3.63, 3.8) is 0 Å². The molecule has 0 heterocycles. The van der Waals surface area contributed by atoms with Crippen molar-refractivity contribution >= 4 is 11.7 Å². The Morgan fingerprint density at radius 2 is 1.91 bits per heavy atom. The Morgan fingerprint density at radius 3 is 2.55 bits per heavy atom. The van der Waals surface area contributed by atoms with Crippen LogP contribution in [0.4, 0.5) is 5.69 Å². The van der Waals surface area contributed by atoms with Gasteiger partial charge in [-0.1, -0.05) is 49.0 Å². The zero-order valence-corrected chi connectivity index (χ0v) is 13.0. The summed E-state index contributed by atoms with van der Waals surface area (Å²) in [7, 11) is 0. The van der Waals surface area contributed by atoms with Gasteiger partial charge in [-0.05, 0) is 37.1 Å². The molecule has 1 N–H and O–H groups in total. The van der Waals surface area contributed by atoms with E-state index in [1.54, 1.807) is 6.92 Å². The number of ether oxygens (including phenoxy) is 1. The zero-order valence-electron chi connectivity index (χ0n) is 13.0. The van der Waals surface area contributed by atoms with E-state index in [-0.39, 0.29) is 12.0 Å². The predicted molar refractivity (Wildman–Crippen MR) is 89.8 cm³/mol. The molecule has 0 spiro atoms. The van der Waals surface area contributed by atoms with E-state index in [2.05, 4.69) is 11.9 Å². The Labute approximate surface area is 131 Å². The first-order chi connectivity index (χ1) is 10.6. The Morgan fingerprint density at radius 1 is 1.18 bits per heavy atom. The number of nitrogens with one attached hydrogen (secondary N) is 1. The summed E-state index contributed by atoms with van der Waals surface area (Å²) in [6, 6.07) is 17.5. The third-order valence-corrected chi connectivity index (χ3v) is 3.35. The lowest BCUT2D eigenvalue weighted by atomic mass is 9.99. The molecule has 3 heteroatoms. The molecule has 114 valence electrons. The van der Waals surface area contributed by atoms with Crippen LogP contribution in [0.15, 0.2) is 66.7 Å². The van der Waals surface area contributed by atoms with Crippen molar-refractivity contribution in [2.45, 2.75) is 19.9 Å². The number of hydrogen-bond donors (Lipinski definition) is 1. The molecule has 0 aliphatic carbocycles. The number of rotatable bonds is 6. The summed E-state index contributed by atoms with van der Waals surface area (Å²) < 4.78 is 5.09. The van der Waals surface area contributed by atoms with Crippen LogP contribution in [0.1, 0.15) is 24.1 Å². The van der Waals surface area contributed by atoms with Crippen LogP contribution in [0.5, 0.6) is 0 Å². The second kappa shape index (κ2) is 7.46. The topological polar surface area (TPSA) is 38.3 Å². The van der Waals surface area contributed by atoms with Crippen molar-refractivity contribution < 1.29 is 9.53 Å². The van der Waals surface area contributed by atoms with E-state index < -0.39 is 0 Å². The molecule has 2 aromatic rings. The SMILES string of the molecule is C=C(C(=O)OCC)[C@@H](Nc1cccc(C)c1)c1ccccc1. The highest BCUT2D eigenvalue weighted by molar-refractivity contribution is 5.90. The average Bonchev–Trinajstić information content (AvgIpc) is 2.53. The highest BCUT2D eigenvalue weighted by atomic mass is 16.5. The van der Waals surface area contributed by atoms with E-state index in [1.807, 2.05) is 61.5 Å². The van der Waals surface area contributed by atoms with Gasteiger partial charge in [-0.25, -0.2) is 4.79 Å². The first-order valence-electron chi connectivity index (χ1n) is 7.36. The van der Waals surface area contributed by atoms with E-state index in [0.717, 1.165) is 16.8 Å². The Hall–Kier alpha value is -2.55. The van der Waals surface area contributed by atoms with Gasteiger partial charge in [-0.2, -0.15) is 0 Å². The van der Waals surface area contributed by atoms with Crippen LogP contribution < -0.4 is 5.32 Å². The molecule has 0 aliphatic rings. The molecule has 0 aliphatic heterocycles. The van der Waals surface area contributed by atoms with E-state index in [0.29, 0.717) is 12.2 Å². The molecule has 0 radical (unpaired) electrons. The second-order valence-corrected chi connectivity index (χ2v) is 5.10. The lowest BCUT2D eigenvalue weighted by molar-refractivity contribution is -0.138. The number of benzene rings is 2. The Bertz CT molecular complexity index is 649. The van der Waals surface area contributed by atoms with Crippen molar-refractivity contribution in [3.05, 3.63) is 77.9 Å². The van der Waals surface area contributed by atoms with E-state index >= 15 is 0 Å². The van der Waals surface area contributed by atoms with Gasteiger partial charge < -0.3 is 10.1 Å². The standard InChI is InChI=1S/C19H21NO2/c1-4-22-19(21)15(3)18(16-10-6-5-7-11-16)20-17-12-8-9-14(2)13-17/h5-13,18,20H,3-4H2,1-2H3/t18-/m1/s1. The van der Waals surface area contributed by atoms with Crippen LogP contribution in [-0.4, -0.2) is 12.6 Å². The van der Waals surface area contributed by atoms with Crippen LogP contribution in [-0.2, 0) is 9.53 Å². The molecule has 1 atom stereocenters. The largest absolute Gasteiger partial charge is 0.463 e. The molecule has 22 heavy (non-hydrogen) atoms.